The largest absolute Gasteiger partial charge is 0.381 e. The number of aromatic nitrogens is 4. The van der Waals surface area contributed by atoms with Gasteiger partial charge in [0.25, 0.3) is 5.56 Å². The van der Waals surface area contributed by atoms with Gasteiger partial charge in [-0.1, -0.05) is 17.7 Å². The summed E-state index contributed by atoms with van der Waals surface area (Å²) in [4.78, 5) is 20.2. The maximum atomic E-state index is 14.1. The van der Waals surface area contributed by atoms with Gasteiger partial charge < -0.3 is 9.64 Å². The zero-order valence-electron chi connectivity index (χ0n) is 18.8. The van der Waals surface area contributed by atoms with Crippen molar-refractivity contribution in [3.8, 4) is 5.69 Å². The number of fused-ring (bicyclic) bond motifs is 1. The molecule has 5 heterocycles. The fraction of sp³-hybridized carbons (Fsp3) is 0.320. The maximum absolute atomic E-state index is 14.1. The van der Waals surface area contributed by atoms with Crippen molar-refractivity contribution in [3.05, 3.63) is 81.5 Å². The standard InChI is InChI=1S/C25H22ClF2N5O2/c26-18-14-29-23(32-9-5-25(32)6-10-35-11-7-25)12-22(18)31-8-4-21-16(24(31)34)13-30-33(21)15-17-19(27)2-1-3-20(17)28/h1-4,8,12-14H,5-7,9-11,15H2. The number of nitrogens with zero attached hydrogens (tertiary/aromatic N) is 5. The van der Waals surface area contributed by atoms with Gasteiger partial charge in [-0.25, -0.2) is 13.8 Å². The van der Waals surface area contributed by atoms with Crippen molar-refractivity contribution >= 4 is 28.3 Å². The van der Waals surface area contributed by atoms with Crippen LogP contribution in [0.4, 0.5) is 14.6 Å². The van der Waals surface area contributed by atoms with Crippen molar-refractivity contribution < 1.29 is 13.5 Å². The predicted octanol–water partition coefficient (Wildman–Crippen LogP) is 4.32. The van der Waals surface area contributed by atoms with E-state index >= 15 is 0 Å². The Hall–Kier alpha value is -3.30. The van der Waals surface area contributed by atoms with Gasteiger partial charge in [-0.3, -0.25) is 14.0 Å². The number of hydrogen-bond acceptors (Lipinski definition) is 5. The number of rotatable bonds is 4. The molecular formula is C25H22ClF2N5O2. The summed E-state index contributed by atoms with van der Waals surface area (Å²) in [5, 5.41) is 4.89. The maximum Gasteiger partial charge on any atom is 0.266 e. The molecule has 3 aromatic heterocycles. The molecule has 0 aliphatic carbocycles. The van der Waals surface area contributed by atoms with Crippen LogP contribution in [0.3, 0.4) is 0 Å². The van der Waals surface area contributed by atoms with Gasteiger partial charge in [-0.15, -0.1) is 0 Å². The molecule has 0 unspecified atom stereocenters. The first kappa shape index (κ1) is 22.2. The lowest BCUT2D eigenvalue weighted by Crippen LogP contribution is -2.62. The third-order valence-electron chi connectivity index (χ3n) is 7.23. The van der Waals surface area contributed by atoms with Crippen molar-refractivity contribution in [3.63, 3.8) is 0 Å². The van der Waals surface area contributed by atoms with Crippen molar-refractivity contribution in [2.45, 2.75) is 31.3 Å². The molecule has 35 heavy (non-hydrogen) atoms. The second kappa shape index (κ2) is 8.42. The molecule has 0 saturated carbocycles. The zero-order chi connectivity index (χ0) is 24.2. The van der Waals surface area contributed by atoms with Gasteiger partial charge in [0.1, 0.15) is 17.5 Å². The molecule has 0 amide bonds. The Balaban J connectivity index is 1.37. The lowest BCUT2D eigenvalue weighted by Gasteiger charge is -2.55. The number of hydrogen-bond donors (Lipinski definition) is 0. The Bertz CT molecular complexity index is 1470. The van der Waals surface area contributed by atoms with Crippen LogP contribution in [0.25, 0.3) is 16.6 Å². The van der Waals surface area contributed by atoms with Gasteiger partial charge in [-0.2, -0.15) is 5.10 Å². The van der Waals surface area contributed by atoms with Crippen LogP contribution in [0, 0.1) is 11.6 Å². The lowest BCUT2D eigenvalue weighted by atomic mass is 9.78. The molecule has 0 radical (unpaired) electrons. The highest BCUT2D eigenvalue weighted by molar-refractivity contribution is 6.32. The summed E-state index contributed by atoms with van der Waals surface area (Å²) in [5.41, 5.74) is 0.606. The molecule has 10 heteroatoms. The summed E-state index contributed by atoms with van der Waals surface area (Å²) in [6, 6.07) is 7.24. The first-order valence-corrected chi connectivity index (χ1v) is 11.9. The zero-order valence-corrected chi connectivity index (χ0v) is 19.5. The average molecular weight is 498 g/mol. The van der Waals surface area contributed by atoms with Gasteiger partial charge in [0.2, 0.25) is 0 Å². The second-order valence-electron chi connectivity index (χ2n) is 9.02. The Labute approximate surface area is 204 Å². The molecule has 2 saturated heterocycles. The lowest BCUT2D eigenvalue weighted by molar-refractivity contribution is 0.0284. The molecule has 6 rings (SSSR count). The minimum Gasteiger partial charge on any atom is -0.381 e. The molecular weight excluding hydrogens is 476 g/mol. The topological polar surface area (TPSA) is 65.2 Å². The first-order chi connectivity index (χ1) is 17.0. The van der Waals surface area contributed by atoms with Crippen LogP contribution in [-0.4, -0.2) is 44.6 Å². The monoisotopic (exact) mass is 497 g/mol. The average Bonchev–Trinajstić information content (AvgIpc) is 3.27. The molecule has 1 aromatic carbocycles. The van der Waals surface area contributed by atoms with Gasteiger partial charge in [0.05, 0.1) is 40.6 Å². The Morgan fingerprint density at radius 3 is 2.57 bits per heavy atom. The summed E-state index contributed by atoms with van der Waals surface area (Å²) >= 11 is 6.48. The van der Waals surface area contributed by atoms with Crippen LogP contribution in [0.1, 0.15) is 24.8 Å². The minimum absolute atomic E-state index is 0.0500. The van der Waals surface area contributed by atoms with E-state index in [-0.39, 0.29) is 23.2 Å². The van der Waals surface area contributed by atoms with Crippen molar-refractivity contribution in [1.29, 1.82) is 0 Å². The van der Waals surface area contributed by atoms with E-state index in [0.29, 0.717) is 21.6 Å². The highest BCUT2D eigenvalue weighted by atomic mass is 35.5. The van der Waals surface area contributed by atoms with Gasteiger partial charge in [0.15, 0.2) is 0 Å². The molecule has 2 aliphatic heterocycles. The van der Waals surface area contributed by atoms with Crippen LogP contribution >= 0.6 is 11.6 Å². The Kier molecular flexibility index (Phi) is 5.34. The van der Waals surface area contributed by atoms with Crippen LogP contribution in [0.5, 0.6) is 0 Å². The third kappa shape index (κ3) is 3.61. The molecule has 4 aromatic rings. The summed E-state index contributed by atoms with van der Waals surface area (Å²) in [6.07, 6.45) is 7.56. The summed E-state index contributed by atoms with van der Waals surface area (Å²) < 4.78 is 36.7. The van der Waals surface area contributed by atoms with Gasteiger partial charge in [0, 0.05) is 43.1 Å². The molecule has 2 aliphatic rings. The van der Waals surface area contributed by atoms with Gasteiger partial charge >= 0.3 is 0 Å². The predicted molar refractivity (Wildman–Crippen MR) is 128 cm³/mol. The van der Waals surface area contributed by atoms with Crippen molar-refractivity contribution in [1.82, 2.24) is 19.3 Å². The van der Waals surface area contributed by atoms with E-state index in [1.54, 1.807) is 18.5 Å². The van der Waals surface area contributed by atoms with Crippen molar-refractivity contribution in [2.75, 3.05) is 24.7 Å². The fourth-order valence-electron chi connectivity index (χ4n) is 5.15. The first-order valence-electron chi connectivity index (χ1n) is 11.5. The minimum atomic E-state index is -0.661. The summed E-state index contributed by atoms with van der Waals surface area (Å²) in [6.45, 7) is 2.22. The van der Waals surface area contributed by atoms with E-state index in [4.69, 9.17) is 16.3 Å². The summed E-state index contributed by atoms with van der Waals surface area (Å²) in [7, 11) is 0. The Morgan fingerprint density at radius 1 is 1.09 bits per heavy atom. The van der Waals surface area contributed by atoms with Gasteiger partial charge in [-0.05, 0) is 37.5 Å². The van der Waals surface area contributed by atoms with Crippen LogP contribution in [0.2, 0.25) is 5.02 Å². The van der Waals surface area contributed by atoms with E-state index in [2.05, 4.69) is 15.0 Å². The number of halogens is 3. The Morgan fingerprint density at radius 2 is 1.86 bits per heavy atom. The van der Waals surface area contributed by atoms with E-state index in [0.717, 1.165) is 44.8 Å². The summed E-state index contributed by atoms with van der Waals surface area (Å²) in [5.74, 6) is -0.548. The van der Waals surface area contributed by atoms with Crippen LogP contribution < -0.4 is 10.5 Å². The normalized spacial score (nSPS) is 17.2. The van der Waals surface area contributed by atoms with E-state index in [9.17, 15) is 13.6 Å². The molecule has 0 N–H and O–H groups in total. The molecule has 0 bridgehead atoms. The van der Waals surface area contributed by atoms with E-state index in [1.165, 1.54) is 33.6 Å². The highest BCUT2D eigenvalue weighted by Crippen LogP contribution is 2.42. The molecule has 180 valence electrons. The van der Waals surface area contributed by atoms with Crippen LogP contribution in [-0.2, 0) is 11.3 Å². The smallest absolute Gasteiger partial charge is 0.266 e. The number of anilines is 1. The van der Waals surface area contributed by atoms with E-state index in [1.807, 2.05) is 6.07 Å². The molecule has 0 atom stereocenters. The van der Waals surface area contributed by atoms with Crippen molar-refractivity contribution in [2.24, 2.45) is 0 Å². The molecule has 2 fully saturated rings. The fourth-order valence-corrected chi connectivity index (χ4v) is 5.34. The third-order valence-corrected chi connectivity index (χ3v) is 7.53. The molecule has 1 spiro atoms. The molecule has 7 nitrogen and oxygen atoms in total. The quantitative estimate of drug-likeness (QED) is 0.420. The number of pyridine rings is 2. The number of benzene rings is 1. The van der Waals surface area contributed by atoms with E-state index < -0.39 is 11.6 Å². The second-order valence-corrected chi connectivity index (χ2v) is 9.43. The SMILES string of the molecule is O=c1c2cnn(Cc3c(F)cccc3F)c2ccn1-c1cc(N2CCC23CCOCC3)ncc1Cl. The highest BCUT2D eigenvalue weighted by Gasteiger charge is 2.46. The van der Waals surface area contributed by atoms with Crippen LogP contribution in [0.15, 0.2) is 53.7 Å². The number of ether oxygens (including phenoxy) is 1.